The zero-order chi connectivity index (χ0) is 26.0. The molecule has 0 aliphatic carbocycles. The van der Waals surface area contributed by atoms with Gasteiger partial charge in [-0.2, -0.15) is 26.3 Å². The predicted molar refractivity (Wildman–Crippen MR) is 119 cm³/mol. The molecule has 2 unspecified atom stereocenters. The Hall–Kier alpha value is -2.46. The smallest absolute Gasteiger partial charge is 0.416 e. The van der Waals surface area contributed by atoms with E-state index in [0.717, 1.165) is 18.5 Å². The molecular formula is C25H29F6NO3. The molecule has 0 fully saturated rings. The van der Waals surface area contributed by atoms with Gasteiger partial charge in [0.05, 0.1) is 17.7 Å². The van der Waals surface area contributed by atoms with Crippen molar-refractivity contribution >= 4 is 5.69 Å². The third kappa shape index (κ3) is 6.41. The molecule has 0 aromatic heterocycles. The van der Waals surface area contributed by atoms with Crippen LogP contribution in [0, 0.1) is 0 Å². The van der Waals surface area contributed by atoms with Crippen molar-refractivity contribution in [1.82, 2.24) is 0 Å². The number of unbranched alkanes of at least 4 members (excludes halogenated alkanes) is 1. The number of fused-ring (bicyclic) bond motifs is 1. The molecule has 4 nitrogen and oxygen atoms in total. The van der Waals surface area contributed by atoms with Crippen LogP contribution < -0.4 is 10.1 Å². The van der Waals surface area contributed by atoms with E-state index in [1.807, 2.05) is 19.1 Å². The maximum Gasteiger partial charge on any atom is 0.416 e. The number of alkyl halides is 6. The summed E-state index contributed by atoms with van der Waals surface area (Å²) in [5.74, 6) is 0.578. The van der Waals surface area contributed by atoms with Crippen LogP contribution in [0.15, 0.2) is 36.4 Å². The molecule has 0 amide bonds. The highest BCUT2D eigenvalue weighted by Crippen LogP contribution is 2.45. The van der Waals surface area contributed by atoms with Crippen LogP contribution in [0.4, 0.5) is 32.0 Å². The van der Waals surface area contributed by atoms with Crippen molar-refractivity contribution in [1.29, 1.82) is 0 Å². The van der Waals surface area contributed by atoms with Crippen LogP contribution in [0.2, 0.25) is 0 Å². The summed E-state index contributed by atoms with van der Waals surface area (Å²) in [6.07, 6.45) is -9.65. The summed E-state index contributed by atoms with van der Waals surface area (Å²) >= 11 is 0. The Morgan fingerprint density at radius 3 is 2.11 bits per heavy atom. The standard InChI is InChI=1S/C25H29F6NO3/c1-5-6-9-33-21-19-13-18(32-4)7-8-20(19)35-23(2,3)22(21)34-14-15-10-16(24(26,27)28)12-17(11-15)25(29,30)31/h7-8,10-13,21-22,32H,5-6,9,14H2,1-4H3. The summed E-state index contributed by atoms with van der Waals surface area (Å²) in [6, 6.07) is 6.91. The van der Waals surface area contributed by atoms with Gasteiger partial charge in [-0.05, 0) is 62.2 Å². The number of halogens is 6. The minimum Gasteiger partial charge on any atom is -0.485 e. The van der Waals surface area contributed by atoms with Gasteiger partial charge >= 0.3 is 12.4 Å². The Balaban J connectivity index is 1.96. The summed E-state index contributed by atoms with van der Waals surface area (Å²) in [4.78, 5) is 0. The predicted octanol–water partition coefficient (Wildman–Crippen LogP) is 7.38. The molecule has 0 saturated carbocycles. The van der Waals surface area contributed by atoms with E-state index >= 15 is 0 Å². The molecule has 3 rings (SSSR count). The molecule has 0 bridgehead atoms. The fraction of sp³-hybridized carbons (Fsp3) is 0.520. The van der Waals surface area contributed by atoms with Gasteiger partial charge in [-0.1, -0.05) is 13.3 Å². The molecule has 194 valence electrons. The van der Waals surface area contributed by atoms with Gasteiger partial charge in [0.2, 0.25) is 0 Å². The van der Waals surface area contributed by atoms with Crippen LogP contribution in [0.5, 0.6) is 5.75 Å². The lowest BCUT2D eigenvalue weighted by molar-refractivity contribution is -0.168. The van der Waals surface area contributed by atoms with Crippen molar-refractivity contribution in [2.75, 3.05) is 19.0 Å². The van der Waals surface area contributed by atoms with Gasteiger partial charge in [0, 0.05) is 24.9 Å². The van der Waals surface area contributed by atoms with Gasteiger partial charge in [0.1, 0.15) is 23.6 Å². The van der Waals surface area contributed by atoms with Crippen LogP contribution in [0.25, 0.3) is 0 Å². The van der Waals surface area contributed by atoms with Gasteiger partial charge in [-0.3, -0.25) is 0 Å². The highest BCUT2D eigenvalue weighted by atomic mass is 19.4. The fourth-order valence-corrected chi connectivity index (χ4v) is 4.00. The molecule has 35 heavy (non-hydrogen) atoms. The quantitative estimate of drug-likeness (QED) is 0.300. The monoisotopic (exact) mass is 505 g/mol. The Bertz CT molecular complexity index is 987. The Morgan fingerprint density at radius 1 is 0.943 bits per heavy atom. The number of benzene rings is 2. The zero-order valence-corrected chi connectivity index (χ0v) is 19.9. The summed E-state index contributed by atoms with van der Waals surface area (Å²) in [5.41, 5.74) is -2.50. The first-order chi connectivity index (χ1) is 16.3. The van der Waals surface area contributed by atoms with Crippen LogP contribution in [-0.2, 0) is 28.4 Å². The topological polar surface area (TPSA) is 39.7 Å². The van der Waals surface area contributed by atoms with Gasteiger partial charge in [-0.25, -0.2) is 0 Å². The number of hydrogen-bond acceptors (Lipinski definition) is 4. The minimum atomic E-state index is -4.93. The second kappa shape index (κ2) is 10.3. The van der Waals surface area contributed by atoms with Crippen molar-refractivity contribution in [3.63, 3.8) is 0 Å². The lowest BCUT2D eigenvalue weighted by atomic mass is 9.87. The average molecular weight is 505 g/mol. The van der Waals surface area contributed by atoms with E-state index in [1.165, 1.54) is 0 Å². The number of hydrogen-bond donors (Lipinski definition) is 1. The first-order valence-electron chi connectivity index (χ1n) is 11.3. The molecular weight excluding hydrogens is 476 g/mol. The fourth-order valence-electron chi connectivity index (χ4n) is 4.00. The molecule has 0 spiro atoms. The van der Waals surface area contributed by atoms with Gasteiger partial charge in [0.15, 0.2) is 0 Å². The first kappa shape index (κ1) is 27.1. The zero-order valence-electron chi connectivity index (χ0n) is 19.9. The van der Waals surface area contributed by atoms with E-state index < -0.39 is 47.9 Å². The van der Waals surface area contributed by atoms with Crippen molar-refractivity contribution in [3.8, 4) is 5.75 Å². The maximum atomic E-state index is 13.3. The SMILES string of the molecule is CCCCOC1c2cc(NC)ccc2OC(C)(C)C1OCc1cc(C(F)(F)F)cc(C(F)(F)F)c1. The summed E-state index contributed by atoms with van der Waals surface area (Å²) in [7, 11) is 1.75. The molecule has 1 aliphatic rings. The Labute approximate surface area is 200 Å². The van der Waals surface area contributed by atoms with Crippen LogP contribution in [-0.4, -0.2) is 25.4 Å². The summed E-state index contributed by atoms with van der Waals surface area (Å²) in [6.45, 7) is 5.41. The Kier molecular flexibility index (Phi) is 7.96. The largest absolute Gasteiger partial charge is 0.485 e. The number of nitrogens with one attached hydrogen (secondary N) is 1. The normalized spacial score (nSPS) is 19.7. The molecule has 1 aliphatic heterocycles. The minimum absolute atomic E-state index is 0.101. The molecule has 0 radical (unpaired) electrons. The summed E-state index contributed by atoms with van der Waals surface area (Å²) < 4.78 is 97.9. The molecule has 1 heterocycles. The number of ether oxygens (including phenoxy) is 3. The molecule has 10 heteroatoms. The van der Waals surface area contributed by atoms with Crippen LogP contribution >= 0.6 is 0 Å². The van der Waals surface area contributed by atoms with Gasteiger partial charge in [-0.15, -0.1) is 0 Å². The number of anilines is 1. The average Bonchev–Trinajstić information content (AvgIpc) is 2.76. The molecule has 0 saturated heterocycles. The second-order valence-electron chi connectivity index (χ2n) is 9.00. The first-order valence-corrected chi connectivity index (χ1v) is 11.3. The third-order valence-corrected chi connectivity index (χ3v) is 5.81. The van der Waals surface area contributed by atoms with Gasteiger partial charge < -0.3 is 19.5 Å². The van der Waals surface area contributed by atoms with Crippen molar-refractivity contribution in [2.45, 2.75) is 70.4 Å². The Morgan fingerprint density at radius 2 is 1.57 bits per heavy atom. The third-order valence-electron chi connectivity index (χ3n) is 5.81. The lowest BCUT2D eigenvalue weighted by Gasteiger charge is -2.44. The maximum absolute atomic E-state index is 13.3. The summed E-state index contributed by atoms with van der Waals surface area (Å²) in [5, 5.41) is 3.03. The highest BCUT2D eigenvalue weighted by molar-refractivity contribution is 5.53. The molecule has 2 aromatic rings. The van der Waals surface area contributed by atoms with E-state index in [2.05, 4.69) is 5.32 Å². The lowest BCUT2D eigenvalue weighted by Crippen LogP contribution is -2.51. The van der Waals surface area contributed by atoms with Crippen LogP contribution in [0.3, 0.4) is 0 Å². The molecule has 2 atom stereocenters. The van der Waals surface area contributed by atoms with E-state index in [4.69, 9.17) is 14.2 Å². The van der Waals surface area contributed by atoms with E-state index in [-0.39, 0.29) is 11.6 Å². The van der Waals surface area contributed by atoms with E-state index in [9.17, 15) is 26.3 Å². The molecule has 1 N–H and O–H groups in total. The van der Waals surface area contributed by atoms with Crippen molar-refractivity contribution in [2.24, 2.45) is 0 Å². The highest BCUT2D eigenvalue weighted by Gasteiger charge is 2.46. The second-order valence-corrected chi connectivity index (χ2v) is 9.00. The molecule has 2 aromatic carbocycles. The van der Waals surface area contributed by atoms with E-state index in [0.29, 0.717) is 30.1 Å². The van der Waals surface area contributed by atoms with E-state index in [1.54, 1.807) is 27.0 Å². The van der Waals surface area contributed by atoms with Crippen LogP contribution in [0.1, 0.15) is 62.0 Å². The van der Waals surface area contributed by atoms with Gasteiger partial charge in [0.25, 0.3) is 0 Å². The van der Waals surface area contributed by atoms with Crippen molar-refractivity contribution in [3.05, 3.63) is 58.7 Å². The number of rotatable bonds is 8. The van der Waals surface area contributed by atoms with Crippen molar-refractivity contribution < 1.29 is 40.6 Å².